The highest BCUT2D eigenvalue weighted by Gasteiger charge is 2.06. The van der Waals surface area contributed by atoms with E-state index in [-0.39, 0.29) is 0 Å². The van der Waals surface area contributed by atoms with Crippen molar-refractivity contribution in [2.45, 2.75) is 13.5 Å². The van der Waals surface area contributed by atoms with Crippen molar-refractivity contribution >= 4 is 35.0 Å². The summed E-state index contributed by atoms with van der Waals surface area (Å²) in [7, 11) is 0. The number of aliphatic carboxylic acids is 1. The Morgan fingerprint density at radius 1 is 1.67 bits per heavy atom. The van der Waals surface area contributed by atoms with Crippen molar-refractivity contribution in [2.24, 2.45) is 0 Å². The van der Waals surface area contributed by atoms with Gasteiger partial charge in [-0.3, -0.25) is 4.68 Å². The molecule has 0 fully saturated rings. The predicted molar refractivity (Wildman–Crippen MR) is 72.1 cm³/mol. The molecule has 0 atom stereocenters. The van der Waals surface area contributed by atoms with E-state index in [0.29, 0.717) is 11.6 Å². The second kappa shape index (κ2) is 5.37. The van der Waals surface area contributed by atoms with Gasteiger partial charge in [-0.2, -0.15) is 5.10 Å². The summed E-state index contributed by atoms with van der Waals surface area (Å²) in [5.41, 5.74) is 1.81. The van der Waals surface area contributed by atoms with Crippen LogP contribution in [0.15, 0.2) is 23.7 Å². The highest BCUT2D eigenvalue weighted by Crippen LogP contribution is 2.20. The smallest absolute Gasteiger partial charge is 0.328 e. The molecule has 2 heterocycles. The molecule has 94 valence electrons. The lowest BCUT2D eigenvalue weighted by Crippen LogP contribution is -2.01. The first kappa shape index (κ1) is 12.9. The molecule has 6 heteroatoms. The fourth-order valence-electron chi connectivity index (χ4n) is 1.47. The van der Waals surface area contributed by atoms with Crippen LogP contribution >= 0.6 is 22.9 Å². The summed E-state index contributed by atoms with van der Waals surface area (Å²) in [6.07, 6.45) is 4.32. The number of rotatable bonds is 4. The van der Waals surface area contributed by atoms with E-state index in [0.717, 1.165) is 22.2 Å². The molecule has 18 heavy (non-hydrogen) atoms. The van der Waals surface area contributed by atoms with Gasteiger partial charge in [-0.1, -0.05) is 11.6 Å². The first-order valence-corrected chi connectivity index (χ1v) is 6.48. The molecule has 1 N–H and O–H groups in total. The van der Waals surface area contributed by atoms with Crippen LogP contribution in [0, 0.1) is 6.92 Å². The lowest BCUT2D eigenvalue weighted by atomic mass is 10.3. The van der Waals surface area contributed by atoms with Crippen LogP contribution in [-0.4, -0.2) is 20.9 Å². The maximum Gasteiger partial charge on any atom is 0.328 e. The molecule has 0 aliphatic heterocycles. The molecule has 0 radical (unpaired) electrons. The summed E-state index contributed by atoms with van der Waals surface area (Å²) in [6.45, 7) is 2.55. The van der Waals surface area contributed by atoms with Crippen molar-refractivity contribution in [3.63, 3.8) is 0 Å². The van der Waals surface area contributed by atoms with E-state index in [4.69, 9.17) is 16.7 Å². The van der Waals surface area contributed by atoms with Gasteiger partial charge in [-0.25, -0.2) is 4.79 Å². The first-order valence-electron chi connectivity index (χ1n) is 5.22. The van der Waals surface area contributed by atoms with Gasteiger partial charge in [0.25, 0.3) is 0 Å². The van der Waals surface area contributed by atoms with Crippen LogP contribution in [0.1, 0.15) is 16.1 Å². The van der Waals surface area contributed by atoms with Crippen LogP contribution in [-0.2, 0) is 11.3 Å². The SMILES string of the molecule is Cc1c(Cl)cnn1Cc1cc(C=CC(=O)O)cs1. The quantitative estimate of drug-likeness (QED) is 0.877. The minimum Gasteiger partial charge on any atom is -0.478 e. The summed E-state index contributed by atoms with van der Waals surface area (Å²) < 4.78 is 1.82. The molecule has 0 saturated carbocycles. The number of nitrogens with zero attached hydrogens (tertiary/aromatic N) is 2. The standard InChI is InChI=1S/C12H11ClN2O2S/c1-8-11(13)5-14-15(8)6-10-4-9(7-18-10)2-3-12(16)17/h2-5,7H,6H2,1H3,(H,16,17). The summed E-state index contributed by atoms with van der Waals surface area (Å²) >= 11 is 7.49. The Morgan fingerprint density at radius 3 is 3.06 bits per heavy atom. The molecule has 4 nitrogen and oxygen atoms in total. The Labute approximate surface area is 113 Å². The van der Waals surface area contributed by atoms with Crippen molar-refractivity contribution in [2.75, 3.05) is 0 Å². The Morgan fingerprint density at radius 2 is 2.44 bits per heavy atom. The molecule has 0 saturated heterocycles. The topological polar surface area (TPSA) is 55.1 Å². The van der Waals surface area contributed by atoms with Crippen LogP contribution in [0.2, 0.25) is 5.02 Å². The molecule has 0 spiro atoms. The Hall–Kier alpha value is -1.59. The highest BCUT2D eigenvalue weighted by molar-refractivity contribution is 7.10. The average Bonchev–Trinajstić information content (AvgIpc) is 2.89. The third-order valence-electron chi connectivity index (χ3n) is 2.44. The van der Waals surface area contributed by atoms with Crippen LogP contribution in [0.4, 0.5) is 0 Å². The van der Waals surface area contributed by atoms with Crippen LogP contribution in [0.25, 0.3) is 6.08 Å². The van der Waals surface area contributed by atoms with Crippen LogP contribution in [0.5, 0.6) is 0 Å². The number of aromatic nitrogens is 2. The van der Waals surface area contributed by atoms with E-state index in [1.165, 1.54) is 0 Å². The average molecular weight is 283 g/mol. The number of thiophene rings is 1. The van der Waals surface area contributed by atoms with Gasteiger partial charge >= 0.3 is 5.97 Å². The molecule has 2 rings (SSSR count). The Bertz CT molecular complexity index is 601. The molecular formula is C12H11ClN2O2S. The third-order valence-corrected chi connectivity index (χ3v) is 3.75. The van der Waals surface area contributed by atoms with E-state index < -0.39 is 5.97 Å². The summed E-state index contributed by atoms with van der Waals surface area (Å²) in [6, 6.07) is 1.94. The number of carboxylic acids is 1. The molecule has 2 aromatic rings. The fraction of sp³-hybridized carbons (Fsp3) is 0.167. The zero-order chi connectivity index (χ0) is 13.1. The van der Waals surface area contributed by atoms with Crippen LogP contribution < -0.4 is 0 Å². The Kier molecular flexibility index (Phi) is 3.84. The molecule has 0 aliphatic carbocycles. The molecule has 0 aliphatic rings. The van der Waals surface area contributed by atoms with E-state index in [2.05, 4.69) is 5.10 Å². The van der Waals surface area contributed by atoms with Crippen molar-refractivity contribution < 1.29 is 9.90 Å². The van der Waals surface area contributed by atoms with Gasteiger partial charge in [0.05, 0.1) is 23.5 Å². The minimum absolute atomic E-state index is 0.643. The highest BCUT2D eigenvalue weighted by atomic mass is 35.5. The van der Waals surface area contributed by atoms with Crippen molar-refractivity contribution in [3.8, 4) is 0 Å². The second-order valence-electron chi connectivity index (χ2n) is 3.75. The van der Waals surface area contributed by atoms with Crippen molar-refractivity contribution in [1.29, 1.82) is 0 Å². The maximum absolute atomic E-state index is 10.4. The Balaban J connectivity index is 2.11. The third kappa shape index (κ3) is 3.00. The van der Waals surface area contributed by atoms with Gasteiger partial charge in [0.2, 0.25) is 0 Å². The molecule has 2 aromatic heterocycles. The monoisotopic (exact) mass is 282 g/mol. The van der Waals surface area contributed by atoms with Gasteiger partial charge in [-0.15, -0.1) is 11.3 Å². The molecule has 0 bridgehead atoms. The number of carboxylic acid groups (broad SMARTS) is 1. The van der Waals surface area contributed by atoms with Crippen molar-refractivity contribution in [3.05, 3.63) is 44.9 Å². The zero-order valence-corrected chi connectivity index (χ0v) is 11.2. The normalized spacial score (nSPS) is 11.2. The van der Waals surface area contributed by atoms with E-state index >= 15 is 0 Å². The van der Waals surface area contributed by atoms with E-state index in [1.807, 2.05) is 23.1 Å². The van der Waals surface area contributed by atoms with Crippen LogP contribution in [0.3, 0.4) is 0 Å². The van der Waals surface area contributed by atoms with Gasteiger partial charge < -0.3 is 5.11 Å². The summed E-state index contributed by atoms with van der Waals surface area (Å²) in [4.78, 5) is 11.5. The lowest BCUT2D eigenvalue weighted by Gasteiger charge is -2.01. The molecular weight excluding hydrogens is 272 g/mol. The van der Waals surface area contributed by atoms with E-state index in [9.17, 15) is 4.79 Å². The maximum atomic E-state index is 10.4. The second-order valence-corrected chi connectivity index (χ2v) is 5.16. The number of carbonyl (C=O) groups is 1. The van der Waals surface area contributed by atoms with Gasteiger partial charge in [0.1, 0.15) is 0 Å². The summed E-state index contributed by atoms with van der Waals surface area (Å²) in [5, 5.41) is 15.3. The first-order chi connectivity index (χ1) is 8.56. The minimum atomic E-state index is -0.947. The van der Waals surface area contributed by atoms with Crippen molar-refractivity contribution in [1.82, 2.24) is 9.78 Å². The zero-order valence-electron chi connectivity index (χ0n) is 9.63. The molecule has 0 unspecified atom stereocenters. The number of hydrogen-bond acceptors (Lipinski definition) is 3. The van der Waals surface area contributed by atoms with E-state index in [1.54, 1.807) is 23.6 Å². The summed E-state index contributed by atoms with van der Waals surface area (Å²) in [5.74, 6) is -0.947. The fourth-order valence-corrected chi connectivity index (χ4v) is 2.44. The van der Waals surface area contributed by atoms with Gasteiger partial charge in [0, 0.05) is 11.0 Å². The molecule has 0 aromatic carbocycles. The van der Waals surface area contributed by atoms with Gasteiger partial charge in [-0.05, 0) is 30.0 Å². The number of halogens is 1. The largest absolute Gasteiger partial charge is 0.478 e. The lowest BCUT2D eigenvalue weighted by molar-refractivity contribution is -0.131. The molecule has 0 amide bonds. The van der Waals surface area contributed by atoms with Gasteiger partial charge in [0.15, 0.2) is 0 Å². The predicted octanol–water partition coefficient (Wildman–Crippen LogP) is 3.05. The number of hydrogen-bond donors (Lipinski definition) is 1.